The van der Waals surface area contributed by atoms with Crippen LogP contribution in [0.15, 0.2) is 47.8 Å². The summed E-state index contributed by atoms with van der Waals surface area (Å²) in [5.41, 5.74) is 2.09. The number of ether oxygens (including phenoxy) is 2. The fraction of sp³-hybridized carbons (Fsp3) is 0.182. The molecule has 0 unspecified atom stereocenters. The first-order chi connectivity index (χ1) is 15.3. The van der Waals surface area contributed by atoms with Gasteiger partial charge >= 0.3 is 5.97 Å². The maximum absolute atomic E-state index is 12.6. The van der Waals surface area contributed by atoms with E-state index in [1.807, 2.05) is 0 Å². The fourth-order valence-corrected chi connectivity index (χ4v) is 4.01. The molecular formula is C22H19ClN2O6S. The average molecular weight is 475 g/mol. The lowest BCUT2D eigenvalue weighted by Gasteiger charge is -2.11. The van der Waals surface area contributed by atoms with Gasteiger partial charge in [-0.15, -0.1) is 11.3 Å². The Labute approximate surface area is 192 Å². The molecule has 0 aliphatic carbocycles. The number of nitro groups is 1. The maximum atomic E-state index is 12.6. The van der Waals surface area contributed by atoms with Crippen molar-refractivity contribution in [3.63, 3.8) is 0 Å². The van der Waals surface area contributed by atoms with Gasteiger partial charge in [-0.2, -0.15) is 0 Å². The number of hydrogen-bond donors (Lipinski definition) is 1. The zero-order chi connectivity index (χ0) is 23.3. The number of carbonyl (C=O) groups is 2. The topological polar surface area (TPSA) is 108 Å². The molecule has 32 heavy (non-hydrogen) atoms. The van der Waals surface area contributed by atoms with Crippen molar-refractivity contribution in [3.8, 4) is 16.9 Å². The van der Waals surface area contributed by atoms with E-state index in [0.717, 1.165) is 5.56 Å². The molecule has 0 saturated heterocycles. The summed E-state index contributed by atoms with van der Waals surface area (Å²) in [4.78, 5) is 35.4. The van der Waals surface area contributed by atoms with E-state index in [1.54, 1.807) is 43.5 Å². The zero-order valence-corrected chi connectivity index (χ0v) is 18.8. The van der Waals surface area contributed by atoms with Crippen LogP contribution in [0.1, 0.15) is 22.8 Å². The minimum absolute atomic E-state index is 0.0632. The summed E-state index contributed by atoms with van der Waals surface area (Å²) in [5, 5.41) is 16.2. The van der Waals surface area contributed by atoms with Crippen molar-refractivity contribution in [2.45, 2.75) is 13.8 Å². The van der Waals surface area contributed by atoms with E-state index in [0.29, 0.717) is 26.9 Å². The highest BCUT2D eigenvalue weighted by molar-refractivity contribution is 7.15. The number of nitrogens with one attached hydrogen (secondary N) is 1. The Morgan fingerprint density at radius 2 is 1.91 bits per heavy atom. The highest BCUT2D eigenvalue weighted by atomic mass is 35.5. The Balaban J connectivity index is 1.77. The van der Waals surface area contributed by atoms with E-state index in [9.17, 15) is 19.7 Å². The van der Waals surface area contributed by atoms with Gasteiger partial charge in [0.05, 0.1) is 11.5 Å². The van der Waals surface area contributed by atoms with Crippen molar-refractivity contribution < 1.29 is 24.0 Å². The van der Waals surface area contributed by atoms with Crippen LogP contribution < -0.4 is 10.1 Å². The predicted octanol–water partition coefficient (Wildman–Crippen LogP) is 5.48. The number of hydrogen-bond acceptors (Lipinski definition) is 7. The van der Waals surface area contributed by atoms with Crippen LogP contribution in [0.4, 0.5) is 10.7 Å². The number of carbonyl (C=O) groups excluding carboxylic acids is 2. The van der Waals surface area contributed by atoms with E-state index in [-0.39, 0.29) is 24.5 Å². The molecule has 0 aliphatic heterocycles. The molecule has 1 amide bonds. The van der Waals surface area contributed by atoms with Gasteiger partial charge in [0.15, 0.2) is 6.61 Å². The van der Waals surface area contributed by atoms with Gasteiger partial charge in [-0.25, -0.2) is 4.79 Å². The molecule has 0 bridgehead atoms. The van der Waals surface area contributed by atoms with Gasteiger partial charge in [-0.05, 0) is 43.2 Å². The molecule has 1 heterocycles. The van der Waals surface area contributed by atoms with Gasteiger partial charge in [0, 0.05) is 28.1 Å². The summed E-state index contributed by atoms with van der Waals surface area (Å²) in [7, 11) is 0. The quantitative estimate of drug-likeness (QED) is 0.263. The van der Waals surface area contributed by atoms with Gasteiger partial charge in [-0.1, -0.05) is 23.7 Å². The Morgan fingerprint density at radius 3 is 2.53 bits per heavy atom. The number of nitrogens with zero attached hydrogens (tertiary/aromatic N) is 1. The zero-order valence-electron chi connectivity index (χ0n) is 17.2. The lowest BCUT2D eigenvalue weighted by molar-refractivity contribution is -0.384. The summed E-state index contributed by atoms with van der Waals surface area (Å²) >= 11 is 7.14. The number of aryl methyl sites for hydroxylation is 1. The Morgan fingerprint density at radius 1 is 1.19 bits per heavy atom. The monoisotopic (exact) mass is 474 g/mol. The van der Waals surface area contributed by atoms with Gasteiger partial charge < -0.3 is 14.8 Å². The molecule has 166 valence electrons. The molecule has 0 radical (unpaired) electrons. The van der Waals surface area contributed by atoms with Crippen molar-refractivity contribution in [1.29, 1.82) is 0 Å². The number of esters is 1. The molecule has 3 aromatic rings. The van der Waals surface area contributed by atoms with Crippen molar-refractivity contribution in [1.82, 2.24) is 0 Å². The normalized spacial score (nSPS) is 10.5. The summed E-state index contributed by atoms with van der Waals surface area (Å²) in [5.74, 6) is -0.691. The number of halogens is 1. The van der Waals surface area contributed by atoms with Gasteiger partial charge in [0.2, 0.25) is 0 Å². The number of nitro benzene ring substituents is 1. The lowest BCUT2D eigenvalue weighted by atomic mass is 10.0. The van der Waals surface area contributed by atoms with Crippen LogP contribution in [0.5, 0.6) is 5.75 Å². The van der Waals surface area contributed by atoms with Crippen LogP contribution in [0.3, 0.4) is 0 Å². The van der Waals surface area contributed by atoms with Crippen molar-refractivity contribution in [2.75, 3.05) is 18.5 Å². The van der Waals surface area contributed by atoms with E-state index in [4.69, 9.17) is 21.1 Å². The first-order valence-electron chi connectivity index (χ1n) is 9.52. The molecule has 1 aromatic heterocycles. The maximum Gasteiger partial charge on any atom is 0.341 e. The van der Waals surface area contributed by atoms with Crippen LogP contribution in [0.25, 0.3) is 11.1 Å². The van der Waals surface area contributed by atoms with Crippen LogP contribution in [-0.4, -0.2) is 30.0 Å². The van der Waals surface area contributed by atoms with Crippen LogP contribution >= 0.6 is 22.9 Å². The van der Waals surface area contributed by atoms with Crippen LogP contribution in [0.2, 0.25) is 5.02 Å². The number of amides is 1. The molecule has 0 spiro atoms. The standard InChI is InChI=1S/C22H19ClN2O6S/c1-3-30-22(27)20-17(14-4-6-15(23)7-5-14)12-32-21(20)24-19(26)11-31-18-9-8-16(25(28)29)10-13(18)2/h4-10,12H,3,11H2,1-2H3,(H,24,26). The molecule has 0 atom stereocenters. The summed E-state index contributed by atoms with van der Waals surface area (Å²) in [6.45, 7) is 3.20. The van der Waals surface area contributed by atoms with E-state index < -0.39 is 16.8 Å². The van der Waals surface area contributed by atoms with Crippen LogP contribution in [0, 0.1) is 17.0 Å². The van der Waals surface area contributed by atoms with Crippen molar-refractivity contribution in [3.05, 3.63) is 74.1 Å². The van der Waals surface area contributed by atoms with Gasteiger partial charge in [0.1, 0.15) is 16.3 Å². The Kier molecular flexibility index (Phi) is 7.45. The minimum atomic E-state index is -0.555. The Bertz CT molecular complexity index is 1160. The van der Waals surface area contributed by atoms with E-state index in [2.05, 4.69) is 5.32 Å². The number of thiophene rings is 1. The fourth-order valence-electron chi connectivity index (χ4n) is 2.91. The molecule has 8 nitrogen and oxygen atoms in total. The Hall–Kier alpha value is -3.43. The highest BCUT2D eigenvalue weighted by Gasteiger charge is 2.23. The number of benzene rings is 2. The molecule has 1 N–H and O–H groups in total. The molecular weight excluding hydrogens is 456 g/mol. The third kappa shape index (κ3) is 5.43. The largest absolute Gasteiger partial charge is 0.483 e. The average Bonchev–Trinajstić information content (AvgIpc) is 3.17. The predicted molar refractivity (Wildman–Crippen MR) is 123 cm³/mol. The van der Waals surface area contributed by atoms with E-state index >= 15 is 0 Å². The number of rotatable bonds is 8. The van der Waals surface area contributed by atoms with Crippen molar-refractivity contribution >= 4 is 45.5 Å². The number of anilines is 1. The van der Waals surface area contributed by atoms with Crippen LogP contribution in [-0.2, 0) is 9.53 Å². The summed E-state index contributed by atoms with van der Waals surface area (Å²) < 4.78 is 10.7. The second-order valence-electron chi connectivity index (χ2n) is 6.62. The second-order valence-corrected chi connectivity index (χ2v) is 7.94. The summed E-state index contributed by atoms with van der Waals surface area (Å²) in [6.07, 6.45) is 0. The molecule has 10 heteroatoms. The lowest BCUT2D eigenvalue weighted by Crippen LogP contribution is -2.21. The van der Waals surface area contributed by atoms with Gasteiger partial charge in [-0.3, -0.25) is 14.9 Å². The molecule has 0 fully saturated rings. The number of non-ortho nitro benzene ring substituents is 1. The third-order valence-electron chi connectivity index (χ3n) is 4.41. The SMILES string of the molecule is CCOC(=O)c1c(-c2ccc(Cl)cc2)csc1NC(=O)COc1ccc([N+](=O)[O-])cc1C. The van der Waals surface area contributed by atoms with Gasteiger partial charge in [0.25, 0.3) is 11.6 Å². The molecule has 3 rings (SSSR count). The third-order valence-corrected chi connectivity index (χ3v) is 5.55. The van der Waals surface area contributed by atoms with Crippen molar-refractivity contribution in [2.24, 2.45) is 0 Å². The minimum Gasteiger partial charge on any atom is -0.483 e. The van der Waals surface area contributed by atoms with E-state index in [1.165, 1.54) is 29.5 Å². The molecule has 0 saturated carbocycles. The molecule has 2 aromatic carbocycles. The first-order valence-corrected chi connectivity index (χ1v) is 10.8. The second kappa shape index (κ2) is 10.3. The molecule has 0 aliphatic rings. The first kappa shape index (κ1) is 23.2. The smallest absolute Gasteiger partial charge is 0.341 e. The summed E-state index contributed by atoms with van der Waals surface area (Å²) in [6, 6.07) is 11.1. The highest BCUT2D eigenvalue weighted by Crippen LogP contribution is 2.36.